The van der Waals surface area contributed by atoms with Gasteiger partial charge in [0.25, 0.3) is 5.88 Å². The van der Waals surface area contributed by atoms with Gasteiger partial charge in [-0.05, 0) is 12.6 Å². The molecule has 1 aliphatic rings. The van der Waals surface area contributed by atoms with Crippen LogP contribution in [0.2, 0.25) is 0 Å². The van der Waals surface area contributed by atoms with Crippen LogP contribution in [0.3, 0.4) is 0 Å². The van der Waals surface area contributed by atoms with E-state index in [4.69, 9.17) is 0 Å². The van der Waals surface area contributed by atoms with Gasteiger partial charge in [-0.1, -0.05) is 41.7 Å². The molecule has 4 rings (SSSR count). The van der Waals surface area contributed by atoms with Crippen LogP contribution in [-0.4, -0.2) is 48.2 Å². The van der Waals surface area contributed by atoms with Crippen LogP contribution in [0.1, 0.15) is 0 Å². The zero-order chi connectivity index (χ0) is 15.8. The number of benzene rings is 1. The van der Waals surface area contributed by atoms with Gasteiger partial charge in [0.15, 0.2) is 0 Å². The Morgan fingerprint density at radius 1 is 1.09 bits per heavy atom. The SMILES string of the molecule is CN1CCN(c2ccnc3sc(-c4ccccc4)c(O)[n+]23)CC1. The maximum Gasteiger partial charge on any atom is 0.329 e. The molecule has 1 aliphatic heterocycles. The van der Waals surface area contributed by atoms with Crippen molar-refractivity contribution in [2.24, 2.45) is 0 Å². The number of rotatable bonds is 2. The number of nitrogens with zero attached hydrogens (tertiary/aromatic N) is 4. The number of thiazole rings is 1. The molecule has 5 nitrogen and oxygen atoms in total. The summed E-state index contributed by atoms with van der Waals surface area (Å²) in [7, 11) is 2.14. The van der Waals surface area contributed by atoms with E-state index in [0.717, 1.165) is 47.4 Å². The molecule has 2 aromatic heterocycles. The van der Waals surface area contributed by atoms with Crippen molar-refractivity contribution in [1.82, 2.24) is 9.88 Å². The molecule has 1 N–H and O–H groups in total. The standard InChI is InChI=1S/C17H18N4OS/c1-19-9-11-20(12-10-19)14-7-8-18-17-21(14)16(22)15(23-17)13-5-3-2-4-6-13/h2-8H,9-12H2,1H3/p+1. The molecule has 0 saturated carbocycles. The molecule has 0 amide bonds. The summed E-state index contributed by atoms with van der Waals surface area (Å²) < 4.78 is 1.87. The third-order valence-electron chi connectivity index (χ3n) is 4.30. The zero-order valence-corrected chi connectivity index (χ0v) is 13.8. The minimum Gasteiger partial charge on any atom is -0.482 e. The van der Waals surface area contributed by atoms with E-state index in [2.05, 4.69) is 21.8 Å². The molecule has 1 fully saturated rings. The van der Waals surface area contributed by atoms with E-state index < -0.39 is 0 Å². The Hall–Kier alpha value is -2.18. The van der Waals surface area contributed by atoms with E-state index in [9.17, 15) is 5.11 Å². The number of piperazine rings is 1. The minimum atomic E-state index is 0.276. The second kappa shape index (κ2) is 5.79. The molecule has 1 aromatic carbocycles. The highest BCUT2D eigenvalue weighted by atomic mass is 32.1. The molecule has 3 aromatic rings. The van der Waals surface area contributed by atoms with Gasteiger partial charge in [0, 0.05) is 19.2 Å². The zero-order valence-electron chi connectivity index (χ0n) is 13.0. The van der Waals surface area contributed by atoms with E-state index in [1.807, 2.05) is 47.0 Å². The Bertz CT molecular complexity index is 825. The lowest BCUT2D eigenvalue weighted by Crippen LogP contribution is -2.47. The molecular weight excluding hydrogens is 308 g/mol. The van der Waals surface area contributed by atoms with Crippen LogP contribution >= 0.6 is 11.3 Å². The van der Waals surface area contributed by atoms with Gasteiger partial charge in [0.2, 0.25) is 5.82 Å². The number of aromatic nitrogens is 2. The highest BCUT2D eigenvalue weighted by Crippen LogP contribution is 2.34. The van der Waals surface area contributed by atoms with Crippen LogP contribution in [0.4, 0.5) is 5.82 Å². The fraction of sp³-hybridized carbons (Fsp3) is 0.294. The predicted molar refractivity (Wildman–Crippen MR) is 92.1 cm³/mol. The van der Waals surface area contributed by atoms with Crippen molar-refractivity contribution in [3.05, 3.63) is 42.6 Å². The van der Waals surface area contributed by atoms with E-state index in [-0.39, 0.29) is 5.88 Å². The Kier molecular flexibility index (Phi) is 3.63. The van der Waals surface area contributed by atoms with Crippen LogP contribution in [0.25, 0.3) is 15.4 Å². The molecule has 0 radical (unpaired) electrons. The Labute approximate surface area is 139 Å². The molecule has 0 atom stereocenters. The molecule has 0 aliphatic carbocycles. The maximum absolute atomic E-state index is 10.8. The van der Waals surface area contributed by atoms with E-state index in [1.165, 1.54) is 11.3 Å². The Morgan fingerprint density at radius 2 is 1.83 bits per heavy atom. The largest absolute Gasteiger partial charge is 0.482 e. The second-order valence-electron chi connectivity index (χ2n) is 5.83. The molecular formula is C17H19N4OS+. The van der Waals surface area contributed by atoms with Crippen molar-refractivity contribution in [3.63, 3.8) is 0 Å². The average molecular weight is 327 g/mol. The lowest BCUT2D eigenvalue weighted by atomic mass is 10.2. The number of hydrogen-bond donors (Lipinski definition) is 1. The molecule has 6 heteroatoms. The molecule has 1 saturated heterocycles. The van der Waals surface area contributed by atoms with Crippen molar-refractivity contribution in [2.45, 2.75) is 0 Å². The summed E-state index contributed by atoms with van der Waals surface area (Å²) >= 11 is 1.52. The van der Waals surface area contributed by atoms with Gasteiger partial charge in [0.05, 0.1) is 13.1 Å². The lowest BCUT2D eigenvalue weighted by Gasteiger charge is -2.29. The van der Waals surface area contributed by atoms with Gasteiger partial charge < -0.3 is 10.0 Å². The first-order valence-corrected chi connectivity index (χ1v) is 8.57. The fourth-order valence-electron chi connectivity index (χ4n) is 2.97. The van der Waals surface area contributed by atoms with Gasteiger partial charge in [0.1, 0.15) is 11.1 Å². The molecule has 3 heterocycles. The van der Waals surface area contributed by atoms with Gasteiger partial charge in [-0.15, -0.1) is 4.98 Å². The third-order valence-corrected chi connectivity index (χ3v) is 5.39. The maximum atomic E-state index is 10.8. The highest BCUT2D eigenvalue weighted by molar-refractivity contribution is 7.20. The van der Waals surface area contributed by atoms with Crippen LogP contribution in [0.5, 0.6) is 5.88 Å². The van der Waals surface area contributed by atoms with Gasteiger partial charge in [-0.3, -0.25) is 4.90 Å². The first kappa shape index (κ1) is 14.4. The summed E-state index contributed by atoms with van der Waals surface area (Å²) in [6.07, 6.45) is 1.83. The van der Waals surface area contributed by atoms with Crippen molar-refractivity contribution < 1.29 is 9.51 Å². The molecule has 0 spiro atoms. The lowest BCUT2D eigenvalue weighted by molar-refractivity contribution is -0.507. The Morgan fingerprint density at radius 3 is 2.57 bits per heavy atom. The first-order valence-electron chi connectivity index (χ1n) is 7.75. The number of aromatic hydroxyl groups is 1. The van der Waals surface area contributed by atoms with Crippen molar-refractivity contribution in [2.75, 3.05) is 38.1 Å². The van der Waals surface area contributed by atoms with Gasteiger partial charge in [-0.25, -0.2) is 0 Å². The number of hydrogen-bond acceptors (Lipinski definition) is 5. The minimum absolute atomic E-state index is 0.276. The molecule has 118 valence electrons. The van der Waals surface area contributed by atoms with Crippen LogP contribution < -0.4 is 9.30 Å². The first-order chi connectivity index (χ1) is 11.2. The van der Waals surface area contributed by atoms with Crippen molar-refractivity contribution in [1.29, 1.82) is 0 Å². The summed E-state index contributed by atoms with van der Waals surface area (Å²) in [5, 5.41) is 10.8. The van der Waals surface area contributed by atoms with E-state index in [0.29, 0.717) is 0 Å². The number of anilines is 1. The average Bonchev–Trinajstić information content (AvgIpc) is 2.94. The highest BCUT2D eigenvalue weighted by Gasteiger charge is 2.27. The quantitative estimate of drug-likeness (QED) is 0.731. The predicted octanol–water partition coefficient (Wildman–Crippen LogP) is 2.01. The number of fused-ring (bicyclic) bond motifs is 1. The summed E-state index contributed by atoms with van der Waals surface area (Å²) in [5.74, 6) is 1.29. The van der Waals surface area contributed by atoms with E-state index in [1.54, 1.807) is 0 Å². The second-order valence-corrected chi connectivity index (χ2v) is 6.81. The molecule has 23 heavy (non-hydrogen) atoms. The van der Waals surface area contributed by atoms with Crippen molar-refractivity contribution in [3.8, 4) is 16.3 Å². The monoisotopic (exact) mass is 327 g/mol. The third kappa shape index (κ3) is 2.54. The molecule has 0 bridgehead atoms. The summed E-state index contributed by atoms with van der Waals surface area (Å²) in [5.41, 5.74) is 1.02. The number of likely N-dealkylation sites (N-methyl/N-ethyl adjacent to an activating group) is 1. The van der Waals surface area contributed by atoms with Crippen LogP contribution in [0.15, 0.2) is 42.6 Å². The fourth-order valence-corrected chi connectivity index (χ4v) is 3.97. The van der Waals surface area contributed by atoms with Crippen LogP contribution in [0, 0.1) is 0 Å². The van der Waals surface area contributed by atoms with E-state index >= 15 is 0 Å². The summed E-state index contributed by atoms with van der Waals surface area (Å²) in [6, 6.07) is 12.0. The van der Waals surface area contributed by atoms with Crippen molar-refractivity contribution >= 4 is 22.1 Å². The summed E-state index contributed by atoms with van der Waals surface area (Å²) in [6.45, 7) is 3.97. The Balaban J connectivity index is 1.82. The van der Waals surface area contributed by atoms with Gasteiger partial charge >= 0.3 is 4.96 Å². The normalized spacial score (nSPS) is 16.1. The van der Waals surface area contributed by atoms with Gasteiger partial charge in [-0.2, -0.15) is 4.40 Å². The summed E-state index contributed by atoms with van der Waals surface area (Å²) in [4.78, 5) is 10.8. The smallest absolute Gasteiger partial charge is 0.329 e. The molecule has 0 unspecified atom stereocenters. The van der Waals surface area contributed by atoms with Crippen LogP contribution in [-0.2, 0) is 0 Å². The topological polar surface area (TPSA) is 43.7 Å².